The van der Waals surface area contributed by atoms with E-state index in [-0.39, 0.29) is 5.88 Å². The van der Waals surface area contributed by atoms with Gasteiger partial charge in [0.05, 0.1) is 12.6 Å². The third-order valence-corrected chi connectivity index (χ3v) is 3.02. The van der Waals surface area contributed by atoms with Crippen LogP contribution < -0.4 is 16.0 Å². The minimum absolute atomic E-state index is 0.00194. The Morgan fingerprint density at radius 3 is 2.85 bits per heavy atom. The van der Waals surface area contributed by atoms with Gasteiger partial charge < -0.3 is 4.74 Å². The Morgan fingerprint density at radius 2 is 2.20 bits per heavy atom. The van der Waals surface area contributed by atoms with Gasteiger partial charge in [0.25, 0.3) is 5.88 Å². The highest BCUT2D eigenvalue weighted by Gasteiger charge is 2.20. The molecule has 0 amide bonds. The molecule has 4 nitrogen and oxygen atoms in total. The molecule has 0 aliphatic rings. The van der Waals surface area contributed by atoms with Gasteiger partial charge in [0.1, 0.15) is 0 Å². The summed E-state index contributed by atoms with van der Waals surface area (Å²) in [5, 5.41) is 0. The number of rotatable bonds is 5. The van der Waals surface area contributed by atoms with Crippen molar-refractivity contribution in [2.75, 3.05) is 6.61 Å². The standard InChI is InChI=1S/C15H18FN3O/c1-3-20-15-13(16)12(7-8-18-15)14(19-17)11-6-4-5-10(2)9-11/h4-9,14,19H,3,17H2,1-2H3. The molecule has 0 radical (unpaired) electrons. The number of aromatic nitrogens is 1. The highest BCUT2D eigenvalue weighted by atomic mass is 19.1. The van der Waals surface area contributed by atoms with Crippen molar-refractivity contribution >= 4 is 0 Å². The molecule has 2 rings (SSSR count). The van der Waals surface area contributed by atoms with Gasteiger partial charge in [-0.15, -0.1) is 0 Å². The van der Waals surface area contributed by atoms with Gasteiger partial charge in [0, 0.05) is 11.8 Å². The van der Waals surface area contributed by atoms with Crippen molar-refractivity contribution in [1.29, 1.82) is 0 Å². The van der Waals surface area contributed by atoms with Crippen molar-refractivity contribution in [1.82, 2.24) is 10.4 Å². The zero-order chi connectivity index (χ0) is 14.5. The quantitative estimate of drug-likeness (QED) is 0.650. The first-order chi connectivity index (χ1) is 9.67. The maximum atomic E-state index is 14.4. The van der Waals surface area contributed by atoms with Crippen molar-refractivity contribution in [3.05, 3.63) is 59.0 Å². The van der Waals surface area contributed by atoms with Crippen LogP contribution in [0.5, 0.6) is 5.88 Å². The van der Waals surface area contributed by atoms with E-state index in [9.17, 15) is 4.39 Å². The fourth-order valence-corrected chi connectivity index (χ4v) is 2.11. The van der Waals surface area contributed by atoms with Crippen LogP contribution in [0.2, 0.25) is 0 Å². The molecule has 2 aromatic rings. The smallest absolute Gasteiger partial charge is 0.250 e. The van der Waals surface area contributed by atoms with E-state index >= 15 is 0 Å². The van der Waals surface area contributed by atoms with Crippen LogP contribution in [0.25, 0.3) is 0 Å². The Bertz CT molecular complexity index is 589. The van der Waals surface area contributed by atoms with Crippen LogP contribution in [-0.2, 0) is 0 Å². The van der Waals surface area contributed by atoms with Gasteiger partial charge in [-0.1, -0.05) is 29.8 Å². The molecule has 20 heavy (non-hydrogen) atoms. The second-order valence-electron chi connectivity index (χ2n) is 4.47. The molecule has 106 valence electrons. The van der Waals surface area contributed by atoms with E-state index in [0.717, 1.165) is 11.1 Å². The minimum Gasteiger partial charge on any atom is -0.476 e. The fraction of sp³-hybridized carbons (Fsp3) is 0.267. The first kappa shape index (κ1) is 14.4. The minimum atomic E-state index is -0.487. The molecule has 1 atom stereocenters. The first-order valence-electron chi connectivity index (χ1n) is 6.47. The SMILES string of the molecule is CCOc1nccc(C(NN)c2cccc(C)c2)c1F. The normalized spacial score (nSPS) is 12.2. The van der Waals surface area contributed by atoms with E-state index in [0.29, 0.717) is 12.2 Å². The maximum absolute atomic E-state index is 14.4. The number of nitrogens with two attached hydrogens (primary N) is 1. The largest absolute Gasteiger partial charge is 0.476 e. The Hall–Kier alpha value is -1.98. The Labute approximate surface area is 117 Å². The summed E-state index contributed by atoms with van der Waals surface area (Å²) in [5.41, 5.74) is 5.04. The highest BCUT2D eigenvalue weighted by Crippen LogP contribution is 2.27. The van der Waals surface area contributed by atoms with Gasteiger partial charge in [0.15, 0.2) is 5.82 Å². The summed E-state index contributed by atoms with van der Waals surface area (Å²) in [6, 6.07) is 8.91. The van der Waals surface area contributed by atoms with E-state index < -0.39 is 11.9 Å². The summed E-state index contributed by atoms with van der Waals surface area (Å²) in [4.78, 5) is 3.89. The van der Waals surface area contributed by atoms with Crippen molar-refractivity contribution in [2.45, 2.75) is 19.9 Å². The number of hydrogen-bond donors (Lipinski definition) is 2. The Morgan fingerprint density at radius 1 is 1.40 bits per heavy atom. The number of nitrogens with one attached hydrogen (secondary N) is 1. The fourth-order valence-electron chi connectivity index (χ4n) is 2.11. The van der Waals surface area contributed by atoms with Gasteiger partial charge in [-0.2, -0.15) is 0 Å². The zero-order valence-corrected chi connectivity index (χ0v) is 11.6. The molecule has 0 saturated heterocycles. The van der Waals surface area contributed by atoms with Crippen molar-refractivity contribution < 1.29 is 9.13 Å². The van der Waals surface area contributed by atoms with Crippen LogP contribution in [0.3, 0.4) is 0 Å². The lowest BCUT2D eigenvalue weighted by Gasteiger charge is -2.18. The molecule has 0 bridgehead atoms. The monoisotopic (exact) mass is 275 g/mol. The molecule has 5 heteroatoms. The Kier molecular flexibility index (Phi) is 4.65. The van der Waals surface area contributed by atoms with Crippen LogP contribution in [0.4, 0.5) is 4.39 Å². The summed E-state index contributed by atoms with van der Waals surface area (Å²) >= 11 is 0. The highest BCUT2D eigenvalue weighted by molar-refractivity contribution is 5.36. The number of aryl methyl sites for hydroxylation is 1. The Balaban J connectivity index is 2.44. The molecule has 0 aliphatic heterocycles. The lowest BCUT2D eigenvalue weighted by molar-refractivity contribution is 0.305. The second-order valence-corrected chi connectivity index (χ2v) is 4.47. The van der Waals surface area contributed by atoms with Gasteiger partial charge in [0.2, 0.25) is 0 Å². The number of nitrogens with zero attached hydrogens (tertiary/aromatic N) is 1. The molecule has 3 N–H and O–H groups in total. The molecule has 0 saturated carbocycles. The molecule has 1 aromatic heterocycles. The van der Waals surface area contributed by atoms with Crippen molar-refractivity contribution in [3.63, 3.8) is 0 Å². The van der Waals surface area contributed by atoms with E-state index in [4.69, 9.17) is 10.6 Å². The van der Waals surface area contributed by atoms with Gasteiger partial charge in [-0.05, 0) is 25.5 Å². The first-order valence-corrected chi connectivity index (χ1v) is 6.47. The average molecular weight is 275 g/mol. The van der Waals surface area contributed by atoms with Gasteiger partial charge >= 0.3 is 0 Å². The number of benzene rings is 1. The summed E-state index contributed by atoms with van der Waals surface area (Å²) < 4.78 is 19.6. The van der Waals surface area contributed by atoms with E-state index in [1.54, 1.807) is 13.0 Å². The van der Waals surface area contributed by atoms with E-state index in [2.05, 4.69) is 10.4 Å². The summed E-state index contributed by atoms with van der Waals surface area (Å²) in [6.45, 7) is 4.12. The zero-order valence-electron chi connectivity index (χ0n) is 11.6. The predicted molar refractivity (Wildman–Crippen MR) is 75.7 cm³/mol. The van der Waals surface area contributed by atoms with E-state index in [1.807, 2.05) is 31.2 Å². The van der Waals surface area contributed by atoms with Crippen molar-refractivity contribution in [3.8, 4) is 5.88 Å². The van der Waals surface area contributed by atoms with Crippen LogP contribution in [0.1, 0.15) is 29.7 Å². The van der Waals surface area contributed by atoms with Crippen LogP contribution >= 0.6 is 0 Å². The predicted octanol–water partition coefficient (Wildman–Crippen LogP) is 2.48. The summed E-state index contributed by atoms with van der Waals surface area (Å²) in [6.07, 6.45) is 1.52. The molecule has 0 fully saturated rings. The number of halogens is 1. The molecular weight excluding hydrogens is 257 g/mol. The third kappa shape index (κ3) is 2.95. The number of pyridine rings is 1. The lowest BCUT2D eigenvalue weighted by atomic mass is 9.98. The molecule has 1 unspecified atom stereocenters. The topological polar surface area (TPSA) is 60.2 Å². The molecule has 0 aliphatic carbocycles. The van der Waals surface area contributed by atoms with Crippen LogP contribution in [0, 0.1) is 12.7 Å². The van der Waals surface area contributed by atoms with Gasteiger partial charge in [-0.25, -0.2) is 14.8 Å². The maximum Gasteiger partial charge on any atom is 0.250 e. The molecule has 0 spiro atoms. The number of ether oxygens (including phenoxy) is 1. The summed E-state index contributed by atoms with van der Waals surface area (Å²) in [5.74, 6) is 5.11. The number of hydrogen-bond acceptors (Lipinski definition) is 4. The van der Waals surface area contributed by atoms with Gasteiger partial charge in [-0.3, -0.25) is 5.84 Å². The van der Waals surface area contributed by atoms with Crippen LogP contribution in [-0.4, -0.2) is 11.6 Å². The van der Waals surface area contributed by atoms with Crippen LogP contribution in [0.15, 0.2) is 36.5 Å². The summed E-state index contributed by atoms with van der Waals surface area (Å²) in [7, 11) is 0. The molecule has 1 heterocycles. The third-order valence-electron chi connectivity index (χ3n) is 3.02. The lowest BCUT2D eigenvalue weighted by Crippen LogP contribution is -2.29. The van der Waals surface area contributed by atoms with Crippen molar-refractivity contribution in [2.24, 2.45) is 5.84 Å². The van der Waals surface area contributed by atoms with E-state index in [1.165, 1.54) is 6.20 Å². The second kappa shape index (κ2) is 6.45. The number of hydrazine groups is 1. The molecule has 1 aromatic carbocycles. The average Bonchev–Trinajstić information content (AvgIpc) is 2.44. The molecular formula is C15H18FN3O.